The summed E-state index contributed by atoms with van der Waals surface area (Å²) in [5.41, 5.74) is 5.37. The molecule has 110 valence electrons. The summed E-state index contributed by atoms with van der Waals surface area (Å²) in [6.07, 6.45) is 2.29. The molecule has 0 radical (unpaired) electrons. The Morgan fingerprint density at radius 3 is 2.65 bits per heavy atom. The van der Waals surface area contributed by atoms with Gasteiger partial charge in [-0.1, -0.05) is 6.92 Å². The molecule has 6 nitrogen and oxygen atoms in total. The Morgan fingerprint density at radius 2 is 2.15 bits per heavy atom. The third-order valence-electron chi connectivity index (χ3n) is 4.00. The second-order valence-electron chi connectivity index (χ2n) is 5.31. The first kappa shape index (κ1) is 14.7. The van der Waals surface area contributed by atoms with E-state index in [9.17, 15) is 4.79 Å². The maximum atomic E-state index is 11.0. The summed E-state index contributed by atoms with van der Waals surface area (Å²) in [5.74, 6) is 0.996. The van der Waals surface area contributed by atoms with Crippen molar-refractivity contribution in [2.45, 2.75) is 32.7 Å². The lowest BCUT2D eigenvalue weighted by molar-refractivity contribution is 0.0994. The number of primary amides is 1. The van der Waals surface area contributed by atoms with E-state index >= 15 is 0 Å². The highest BCUT2D eigenvalue weighted by molar-refractivity contribution is 5.90. The Bertz CT molecular complexity index is 439. The van der Waals surface area contributed by atoms with Crippen molar-refractivity contribution in [2.24, 2.45) is 11.7 Å². The first-order chi connectivity index (χ1) is 9.61. The molecule has 1 unspecified atom stereocenters. The zero-order chi connectivity index (χ0) is 14.5. The van der Waals surface area contributed by atoms with Crippen molar-refractivity contribution in [1.82, 2.24) is 15.5 Å². The van der Waals surface area contributed by atoms with Gasteiger partial charge in [0.05, 0.1) is 0 Å². The number of hydrogen-bond donors (Lipinski definition) is 2. The molecule has 1 aromatic rings. The molecular formula is C14H23N5O. The lowest BCUT2D eigenvalue weighted by Crippen LogP contribution is -2.42. The SMILES string of the molecule is CCNC(C)C1CCN(c2ccc(C(N)=O)nn2)CC1. The number of amides is 1. The molecule has 6 heteroatoms. The van der Waals surface area contributed by atoms with E-state index in [2.05, 4.69) is 34.3 Å². The van der Waals surface area contributed by atoms with E-state index in [0.717, 1.165) is 38.3 Å². The van der Waals surface area contributed by atoms with E-state index in [1.165, 1.54) is 0 Å². The average Bonchev–Trinajstić information content (AvgIpc) is 2.48. The van der Waals surface area contributed by atoms with Crippen LogP contribution < -0.4 is 16.0 Å². The minimum atomic E-state index is -0.540. The number of hydrogen-bond acceptors (Lipinski definition) is 5. The highest BCUT2D eigenvalue weighted by atomic mass is 16.1. The number of carbonyl (C=O) groups excluding carboxylic acids is 1. The van der Waals surface area contributed by atoms with Gasteiger partial charge in [-0.05, 0) is 44.4 Å². The van der Waals surface area contributed by atoms with Crippen LogP contribution in [-0.4, -0.2) is 41.8 Å². The van der Waals surface area contributed by atoms with Crippen molar-refractivity contribution >= 4 is 11.7 Å². The number of rotatable bonds is 5. The summed E-state index contributed by atoms with van der Waals surface area (Å²) in [4.78, 5) is 13.2. The predicted molar refractivity (Wildman–Crippen MR) is 78.6 cm³/mol. The summed E-state index contributed by atoms with van der Waals surface area (Å²) >= 11 is 0. The van der Waals surface area contributed by atoms with Crippen molar-refractivity contribution in [3.63, 3.8) is 0 Å². The number of nitrogens with two attached hydrogens (primary N) is 1. The summed E-state index contributed by atoms with van der Waals surface area (Å²) in [5, 5.41) is 11.4. The summed E-state index contributed by atoms with van der Waals surface area (Å²) in [7, 11) is 0. The molecule has 2 rings (SSSR count). The van der Waals surface area contributed by atoms with Gasteiger partial charge in [-0.3, -0.25) is 4.79 Å². The smallest absolute Gasteiger partial charge is 0.269 e. The molecule has 2 heterocycles. The summed E-state index contributed by atoms with van der Waals surface area (Å²) < 4.78 is 0. The minimum Gasteiger partial charge on any atom is -0.364 e. The lowest BCUT2D eigenvalue weighted by atomic mass is 9.90. The van der Waals surface area contributed by atoms with Crippen LogP contribution >= 0.6 is 0 Å². The van der Waals surface area contributed by atoms with E-state index in [4.69, 9.17) is 5.73 Å². The maximum absolute atomic E-state index is 11.0. The van der Waals surface area contributed by atoms with Crippen LogP contribution in [0.3, 0.4) is 0 Å². The van der Waals surface area contributed by atoms with Gasteiger partial charge >= 0.3 is 0 Å². The molecule has 0 saturated carbocycles. The number of piperidine rings is 1. The quantitative estimate of drug-likeness (QED) is 0.831. The molecule has 20 heavy (non-hydrogen) atoms. The molecule has 1 aromatic heterocycles. The Labute approximate surface area is 119 Å². The number of carbonyl (C=O) groups is 1. The zero-order valence-electron chi connectivity index (χ0n) is 12.2. The van der Waals surface area contributed by atoms with Gasteiger partial charge in [-0.2, -0.15) is 0 Å². The Kier molecular flexibility index (Phi) is 4.89. The fraction of sp³-hybridized carbons (Fsp3) is 0.643. The van der Waals surface area contributed by atoms with Gasteiger partial charge in [0.15, 0.2) is 11.5 Å². The third kappa shape index (κ3) is 3.45. The van der Waals surface area contributed by atoms with E-state index in [-0.39, 0.29) is 5.69 Å². The number of anilines is 1. The van der Waals surface area contributed by atoms with Gasteiger partial charge in [-0.15, -0.1) is 10.2 Å². The van der Waals surface area contributed by atoms with Gasteiger partial charge in [-0.25, -0.2) is 0 Å². The van der Waals surface area contributed by atoms with Crippen molar-refractivity contribution in [3.05, 3.63) is 17.8 Å². The molecule has 0 spiro atoms. The fourth-order valence-electron chi connectivity index (χ4n) is 2.74. The van der Waals surface area contributed by atoms with Crippen LogP contribution in [0.1, 0.15) is 37.2 Å². The molecular weight excluding hydrogens is 254 g/mol. The summed E-state index contributed by atoms with van der Waals surface area (Å²) in [6, 6.07) is 4.02. The maximum Gasteiger partial charge on any atom is 0.269 e. The van der Waals surface area contributed by atoms with Crippen LogP contribution in [0.15, 0.2) is 12.1 Å². The topological polar surface area (TPSA) is 84.1 Å². The van der Waals surface area contributed by atoms with E-state index in [0.29, 0.717) is 12.0 Å². The van der Waals surface area contributed by atoms with Crippen molar-refractivity contribution in [1.29, 1.82) is 0 Å². The van der Waals surface area contributed by atoms with Crippen molar-refractivity contribution < 1.29 is 4.79 Å². The second-order valence-corrected chi connectivity index (χ2v) is 5.31. The molecule has 0 aliphatic carbocycles. The number of aromatic nitrogens is 2. The number of nitrogens with one attached hydrogen (secondary N) is 1. The zero-order valence-corrected chi connectivity index (χ0v) is 12.2. The molecule has 1 aliphatic heterocycles. The van der Waals surface area contributed by atoms with Crippen LogP contribution in [0.4, 0.5) is 5.82 Å². The predicted octanol–water partition coefficient (Wildman–Crippen LogP) is 0.790. The van der Waals surface area contributed by atoms with Crippen LogP contribution in [-0.2, 0) is 0 Å². The molecule has 1 saturated heterocycles. The molecule has 0 aromatic carbocycles. The van der Waals surface area contributed by atoms with Crippen LogP contribution in [0.25, 0.3) is 0 Å². The standard InChI is InChI=1S/C14H23N5O/c1-3-16-10(2)11-6-8-19(9-7-11)13-5-4-12(14(15)20)17-18-13/h4-5,10-11,16H,3,6-9H2,1-2H3,(H2,15,20). The summed E-state index contributed by atoms with van der Waals surface area (Å²) in [6.45, 7) is 7.37. The lowest BCUT2D eigenvalue weighted by Gasteiger charge is -2.35. The Morgan fingerprint density at radius 1 is 1.45 bits per heavy atom. The third-order valence-corrected chi connectivity index (χ3v) is 4.00. The monoisotopic (exact) mass is 277 g/mol. The van der Waals surface area contributed by atoms with Gasteiger partial charge < -0.3 is 16.0 Å². The largest absolute Gasteiger partial charge is 0.364 e. The van der Waals surface area contributed by atoms with Crippen molar-refractivity contribution in [2.75, 3.05) is 24.5 Å². The molecule has 0 bridgehead atoms. The molecule has 1 atom stereocenters. The van der Waals surface area contributed by atoms with Gasteiger partial charge in [0.2, 0.25) is 0 Å². The van der Waals surface area contributed by atoms with Crippen LogP contribution in [0.2, 0.25) is 0 Å². The molecule has 1 fully saturated rings. The van der Waals surface area contributed by atoms with E-state index < -0.39 is 5.91 Å². The second kappa shape index (κ2) is 6.65. The van der Waals surface area contributed by atoms with Crippen LogP contribution in [0, 0.1) is 5.92 Å². The Balaban J connectivity index is 1.91. The van der Waals surface area contributed by atoms with Crippen molar-refractivity contribution in [3.8, 4) is 0 Å². The molecule has 1 amide bonds. The molecule has 1 aliphatic rings. The highest BCUT2D eigenvalue weighted by Gasteiger charge is 2.24. The van der Waals surface area contributed by atoms with Gasteiger partial charge in [0.1, 0.15) is 0 Å². The minimum absolute atomic E-state index is 0.212. The first-order valence-electron chi connectivity index (χ1n) is 7.23. The normalized spacial score (nSPS) is 18.0. The van der Waals surface area contributed by atoms with E-state index in [1.807, 2.05) is 6.07 Å². The average molecular weight is 277 g/mol. The highest BCUT2D eigenvalue weighted by Crippen LogP contribution is 2.23. The van der Waals surface area contributed by atoms with Gasteiger partial charge in [0, 0.05) is 19.1 Å². The fourth-order valence-corrected chi connectivity index (χ4v) is 2.74. The number of nitrogens with zero attached hydrogens (tertiary/aromatic N) is 3. The first-order valence-corrected chi connectivity index (χ1v) is 7.23. The van der Waals surface area contributed by atoms with Crippen LogP contribution in [0.5, 0.6) is 0 Å². The molecule has 3 N–H and O–H groups in total. The van der Waals surface area contributed by atoms with Gasteiger partial charge in [0.25, 0.3) is 5.91 Å². The van der Waals surface area contributed by atoms with E-state index in [1.54, 1.807) is 6.07 Å². The Hall–Kier alpha value is -1.69.